The Morgan fingerprint density at radius 1 is 1.47 bits per heavy atom. The van der Waals surface area contributed by atoms with Crippen LogP contribution in [-0.4, -0.2) is 22.1 Å². The molecule has 0 spiro atoms. The molecule has 1 N–H and O–H groups in total. The van der Waals surface area contributed by atoms with Crippen molar-refractivity contribution in [2.45, 2.75) is 6.54 Å². The van der Waals surface area contributed by atoms with Gasteiger partial charge in [-0.1, -0.05) is 16.8 Å². The molecule has 1 heterocycles. The number of nitrogens with zero attached hydrogens (tertiary/aromatic N) is 3. The highest BCUT2D eigenvalue weighted by atomic mass is 35.5. The first-order valence-electron chi connectivity index (χ1n) is 5.11. The zero-order chi connectivity index (χ0) is 12.3. The largest absolute Gasteiger partial charge is 0.495 e. The van der Waals surface area contributed by atoms with Gasteiger partial charge in [0.25, 0.3) is 0 Å². The van der Waals surface area contributed by atoms with Crippen molar-refractivity contribution in [3.8, 4) is 5.75 Å². The van der Waals surface area contributed by atoms with Crippen LogP contribution in [0.25, 0.3) is 0 Å². The lowest BCUT2D eigenvalue weighted by molar-refractivity contribution is 0.415. The van der Waals surface area contributed by atoms with Crippen LogP contribution in [0.5, 0.6) is 5.75 Å². The Bertz CT molecular complexity index is 512. The molecule has 0 saturated carbocycles. The molecule has 0 radical (unpaired) electrons. The summed E-state index contributed by atoms with van der Waals surface area (Å²) in [5.74, 6) is 0.666. The molecule has 2 rings (SSSR count). The Labute approximate surface area is 104 Å². The summed E-state index contributed by atoms with van der Waals surface area (Å²) in [5.41, 5.74) is 1.92. The Morgan fingerprint density at radius 3 is 2.88 bits per heavy atom. The maximum absolute atomic E-state index is 6.03. The van der Waals surface area contributed by atoms with E-state index in [2.05, 4.69) is 15.6 Å². The van der Waals surface area contributed by atoms with Crippen LogP contribution in [0.3, 0.4) is 0 Å². The summed E-state index contributed by atoms with van der Waals surface area (Å²) in [4.78, 5) is 0. The lowest BCUT2D eigenvalue weighted by Crippen LogP contribution is -2.05. The van der Waals surface area contributed by atoms with E-state index in [9.17, 15) is 0 Å². The molecule has 0 unspecified atom stereocenters. The van der Waals surface area contributed by atoms with Gasteiger partial charge in [-0.2, -0.15) is 0 Å². The molecule has 0 saturated heterocycles. The molecule has 1 aromatic carbocycles. The number of rotatable bonds is 4. The minimum Gasteiger partial charge on any atom is -0.495 e. The fraction of sp³-hybridized carbons (Fsp3) is 0.273. The van der Waals surface area contributed by atoms with Crippen LogP contribution in [0.4, 0.5) is 5.69 Å². The number of aryl methyl sites for hydroxylation is 1. The van der Waals surface area contributed by atoms with Gasteiger partial charge >= 0.3 is 0 Å². The van der Waals surface area contributed by atoms with Gasteiger partial charge in [-0.25, -0.2) is 0 Å². The third-order valence-electron chi connectivity index (χ3n) is 2.43. The molecule has 90 valence electrons. The number of anilines is 1. The highest BCUT2D eigenvalue weighted by molar-refractivity contribution is 6.32. The number of hydrogen-bond acceptors (Lipinski definition) is 4. The molecule has 0 bridgehead atoms. The molecule has 0 aliphatic heterocycles. The molecular formula is C11H13ClN4O. The lowest BCUT2D eigenvalue weighted by Gasteiger charge is -2.08. The van der Waals surface area contributed by atoms with Gasteiger partial charge in [0.15, 0.2) is 0 Å². The zero-order valence-electron chi connectivity index (χ0n) is 9.64. The van der Waals surface area contributed by atoms with E-state index in [-0.39, 0.29) is 0 Å². The van der Waals surface area contributed by atoms with Crippen molar-refractivity contribution in [2.75, 3.05) is 12.4 Å². The van der Waals surface area contributed by atoms with Gasteiger partial charge in [-0.05, 0) is 18.2 Å². The van der Waals surface area contributed by atoms with Gasteiger partial charge in [0.05, 0.1) is 30.6 Å². The highest BCUT2D eigenvalue weighted by Crippen LogP contribution is 2.27. The first-order chi connectivity index (χ1) is 8.20. The van der Waals surface area contributed by atoms with Crippen LogP contribution < -0.4 is 10.1 Å². The molecule has 0 aliphatic carbocycles. The quantitative estimate of drug-likeness (QED) is 0.905. The number of methoxy groups -OCH3 is 1. The molecule has 17 heavy (non-hydrogen) atoms. The van der Waals surface area contributed by atoms with Crippen LogP contribution >= 0.6 is 11.6 Å². The second-order valence-electron chi connectivity index (χ2n) is 3.55. The molecule has 0 amide bonds. The van der Waals surface area contributed by atoms with Gasteiger partial charge in [0.1, 0.15) is 5.75 Å². The molecule has 0 aliphatic rings. The fourth-order valence-corrected chi connectivity index (χ4v) is 1.70. The number of benzene rings is 1. The molecule has 0 atom stereocenters. The van der Waals surface area contributed by atoms with E-state index in [0.717, 1.165) is 11.4 Å². The van der Waals surface area contributed by atoms with Crippen molar-refractivity contribution in [3.63, 3.8) is 0 Å². The summed E-state index contributed by atoms with van der Waals surface area (Å²) >= 11 is 6.03. The van der Waals surface area contributed by atoms with Gasteiger partial charge < -0.3 is 10.1 Å². The second kappa shape index (κ2) is 5.05. The Balaban J connectivity index is 2.05. The average molecular weight is 253 g/mol. The van der Waals surface area contributed by atoms with E-state index >= 15 is 0 Å². The van der Waals surface area contributed by atoms with E-state index in [4.69, 9.17) is 16.3 Å². The zero-order valence-corrected chi connectivity index (χ0v) is 10.4. The SMILES string of the molecule is COc1ccc(NCc2cnnn2C)cc1Cl. The first kappa shape index (κ1) is 11.7. The topological polar surface area (TPSA) is 52.0 Å². The van der Waals surface area contributed by atoms with Crippen LogP contribution in [0.15, 0.2) is 24.4 Å². The molecule has 1 aromatic heterocycles. The molecule has 2 aromatic rings. The summed E-state index contributed by atoms with van der Waals surface area (Å²) in [6.07, 6.45) is 1.72. The van der Waals surface area contributed by atoms with Crippen LogP contribution in [0, 0.1) is 0 Å². The van der Waals surface area contributed by atoms with E-state index < -0.39 is 0 Å². The van der Waals surface area contributed by atoms with Gasteiger partial charge in [0.2, 0.25) is 0 Å². The average Bonchev–Trinajstić information content (AvgIpc) is 2.72. The third kappa shape index (κ3) is 2.68. The molecule has 0 fully saturated rings. The maximum Gasteiger partial charge on any atom is 0.137 e. The Hall–Kier alpha value is -1.75. The van der Waals surface area contributed by atoms with Crippen LogP contribution in [0.2, 0.25) is 5.02 Å². The van der Waals surface area contributed by atoms with E-state index in [0.29, 0.717) is 17.3 Å². The standard InChI is InChI=1S/C11H13ClN4O/c1-16-9(7-14-15-16)6-13-8-3-4-11(17-2)10(12)5-8/h3-5,7,13H,6H2,1-2H3. The number of aromatic nitrogens is 3. The summed E-state index contributed by atoms with van der Waals surface area (Å²) in [7, 11) is 3.45. The number of ether oxygens (including phenoxy) is 1. The predicted octanol–water partition coefficient (Wildman–Crippen LogP) is 2.09. The molecule has 6 heteroatoms. The van der Waals surface area contributed by atoms with Crippen molar-refractivity contribution >= 4 is 17.3 Å². The summed E-state index contributed by atoms with van der Waals surface area (Å²) < 4.78 is 6.81. The minimum absolute atomic E-state index is 0.584. The van der Waals surface area contributed by atoms with Crippen LogP contribution in [0.1, 0.15) is 5.69 Å². The molecule has 5 nitrogen and oxygen atoms in total. The minimum atomic E-state index is 0.584. The lowest BCUT2D eigenvalue weighted by atomic mass is 10.3. The van der Waals surface area contributed by atoms with Crippen molar-refractivity contribution < 1.29 is 4.74 Å². The highest BCUT2D eigenvalue weighted by Gasteiger charge is 2.03. The Kier molecular flexibility index (Phi) is 3.49. The Morgan fingerprint density at radius 2 is 2.29 bits per heavy atom. The van der Waals surface area contributed by atoms with E-state index in [1.54, 1.807) is 18.0 Å². The van der Waals surface area contributed by atoms with Gasteiger partial charge in [-0.15, -0.1) is 5.10 Å². The summed E-state index contributed by atoms with van der Waals surface area (Å²) in [6, 6.07) is 5.56. The monoisotopic (exact) mass is 252 g/mol. The maximum atomic E-state index is 6.03. The number of hydrogen-bond donors (Lipinski definition) is 1. The number of halogens is 1. The van der Waals surface area contributed by atoms with E-state index in [1.165, 1.54) is 0 Å². The van der Waals surface area contributed by atoms with E-state index in [1.807, 2.05) is 25.2 Å². The number of nitrogens with one attached hydrogen (secondary N) is 1. The van der Waals surface area contributed by atoms with Crippen molar-refractivity contribution in [2.24, 2.45) is 7.05 Å². The fourth-order valence-electron chi connectivity index (χ4n) is 1.44. The smallest absolute Gasteiger partial charge is 0.137 e. The van der Waals surface area contributed by atoms with Crippen LogP contribution in [-0.2, 0) is 13.6 Å². The predicted molar refractivity (Wildman–Crippen MR) is 66.3 cm³/mol. The summed E-state index contributed by atoms with van der Waals surface area (Å²) in [6.45, 7) is 0.645. The molecular weight excluding hydrogens is 240 g/mol. The van der Waals surface area contributed by atoms with Crippen molar-refractivity contribution in [1.29, 1.82) is 0 Å². The van der Waals surface area contributed by atoms with Crippen molar-refractivity contribution in [1.82, 2.24) is 15.0 Å². The summed E-state index contributed by atoms with van der Waals surface area (Å²) in [5, 5.41) is 11.5. The van der Waals surface area contributed by atoms with Crippen molar-refractivity contribution in [3.05, 3.63) is 35.1 Å². The van der Waals surface area contributed by atoms with Gasteiger partial charge in [0, 0.05) is 12.7 Å². The second-order valence-corrected chi connectivity index (χ2v) is 3.96. The van der Waals surface area contributed by atoms with Gasteiger partial charge in [-0.3, -0.25) is 4.68 Å². The first-order valence-corrected chi connectivity index (χ1v) is 5.49. The third-order valence-corrected chi connectivity index (χ3v) is 2.73. The normalized spacial score (nSPS) is 10.3.